The summed E-state index contributed by atoms with van der Waals surface area (Å²) in [6.07, 6.45) is 4.16. The quantitative estimate of drug-likeness (QED) is 0.0917. The molecule has 0 unspecified atom stereocenters. The largest absolute Gasteiger partial charge is 0.494 e. The minimum Gasteiger partial charge on any atom is -0.494 e. The molecule has 3 aromatic carbocycles. The maximum Gasteiger partial charge on any atom is 0.416 e. The van der Waals surface area contributed by atoms with Crippen LogP contribution in [0.1, 0.15) is 61.3 Å². The van der Waals surface area contributed by atoms with Gasteiger partial charge in [-0.15, -0.1) is 0 Å². The number of rotatable bonds is 10. The predicted octanol–water partition coefficient (Wildman–Crippen LogP) is 8.07. The number of hydrogen-bond acceptors (Lipinski definition) is 3. The van der Waals surface area contributed by atoms with E-state index in [0.717, 1.165) is 48.1 Å². The molecular weight excluding hydrogens is 477 g/mol. The van der Waals surface area contributed by atoms with Crippen LogP contribution < -0.4 is 9.47 Å². The minimum atomic E-state index is -4.40. The second kappa shape index (κ2) is 13.9. The molecule has 192 valence electrons. The molecule has 0 N–H and O–H groups in total. The average Bonchev–Trinajstić information content (AvgIpc) is 2.89. The first-order valence-electron chi connectivity index (χ1n) is 12.3. The minimum absolute atomic E-state index is 0.337. The maximum atomic E-state index is 12.6. The molecule has 0 heterocycles. The third kappa shape index (κ3) is 9.89. The summed E-state index contributed by atoms with van der Waals surface area (Å²) in [7, 11) is 0. The van der Waals surface area contributed by atoms with Crippen LogP contribution in [-0.2, 0) is 11.0 Å². The molecule has 3 nitrogen and oxygen atoms in total. The Morgan fingerprint density at radius 2 is 1.35 bits per heavy atom. The summed E-state index contributed by atoms with van der Waals surface area (Å²) < 4.78 is 48.9. The summed E-state index contributed by atoms with van der Waals surface area (Å²) in [4.78, 5) is 12.0. The summed E-state index contributed by atoms with van der Waals surface area (Å²) in [5.41, 5.74) is 1.33. The average molecular weight is 507 g/mol. The molecule has 37 heavy (non-hydrogen) atoms. The van der Waals surface area contributed by atoms with Crippen molar-refractivity contribution in [1.29, 1.82) is 0 Å². The van der Waals surface area contributed by atoms with E-state index in [1.54, 1.807) is 24.3 Å². The number of alkyl halides is 3. The van der Waals surface area contributed by atoms with Crippen molar-refractivity contribution in [2.24, 2.45) is 0 Å². The molecule has 0 atom stereocenters. The fraction of sp³-hybridized carbons (Fsp3) is 0.258. The summed E-state index contributed by atoms with van der Waals surface area (Å²) in [6, 6.07) is 18.9. The lowest BCUT2D eigenvalue weighted by Gasteiger charge is -2.06. The Morgan fingerprint density at radius 3 is 1.92 bits per heavy atom. The van der Waals surface area contributed by atoms with Crippen molar-refractivity contribution < 1.29 is 27.4 Å². The van der Waals surface area contributed by atoms with E-state index in [1.165, 1.54) is 43.9 Å². The van der Waals surface area contributed by atoms with E-state index in [-0.39, 0.29) is 0 Å². The molecule has 0 radical (unpaired) electrons. The summed E-state index contributed by atoms with van der Waals surface area (Å²) in [6.45, 7) is 2.92. The topological polar surface area (TPSA) is 35.5 Å². The van der Waals surface area contributed by atoms with Crippen LogP contribution in [-0.4, -0.2) is 12.6 Å². The monoisotopic (exact) mass is 506 g/mol. The number of hydrogen-bond donors (Lipinski definition) is 0. The molecule has 0 fully saturated rings. The Hall–Kier alpha value is -3.98. The van der Waals surface area contributed by atoms with Gasteiger partial charge in [0.1, 0.15) is 11.5 Å². The SMILES string of the molecule is CCCCCCCOc1ccc(C#Cc2ccc(OC(=O)/C=C/c3ccc(C(F)(F)F)cc3)cc2)cc1. The Labute approximate surface area is 215 Å². The van der Waals surface area contributed by atoms with Crippen molar-refractivity contribution in [1.82, 2.24) is 0 Å². The molecule has 0 aliphatic heterocycles. The van der Waals surface area contributed by atoms with Gasteiger partial charge in [0.15, 0.2) is 0 Å². The molecule has 0 aromatic heterocycles. The zero-order chi connectivity index (χ0) is 26.5. The number of ether oxygens (including phenoxy) is 2. The summed E-state index contributed by atoms with van der Waals surface area (Å²) in [5.74, 6) is 6.70. The van der Waals surface area contributed by atoms with Crippen molar-refractivity contribution in [3.63, 3.8) is 0 Å². The first-order valence-corrected chi connectivity index (χ1v) is 12.3. The van der Waals surface area contributed by atoms with Crippen molar-refractivity contribution >= 4 is 12.0 Å². The second-order valence-electron chi connectivity index (χ2n) is 8.44. The highest BCUT2D eigenvalue weighted by atomic mass is 19.4. The third-order valence-electron chi connectivity index (χ3n) is 5.44. The first-order chi connectivity index (χ1) is 17.8. The van der Waals surface area contributed by atoms with E-state index in [2.05, 4.69) is 18.8 Å². The lowest BCUT2D eigenvalue weighted by Crippen LogP contribution is -2.04. The van der Waals surface area contributed by atoms with Crippen LogP contribution in [0.4, 0.5) is 13.2 Å². The highest BCUT2D eigenvalue weighted by Gasteiger charge is 2.29. The Bertz CT molecular complexity index is 1210. The van der Waals surface area contributed by atoms with E-state index in [9.17, 15) is 18.0 Å². The van der Waals surface area contributed by atoms with Gasteiger partial charge in [-0.05, 0) is 78.7 Å². The Balaban J connectivity index is 1.46. The van der Waals surface area contributed by atoms with Crippen LogP contribution in [0.5, 0.6) is 11.5 Å². The van der Waals surface area contributed by atoms with Gasteiger partial charge in [0.05, 0.1) is 12.2 Å². The van der Waals surface area contributed by atoms with Gasteiger partial charge in [0.25, 0.3) is 0 Å². The van der Waals surface area contributed by atoms with Crippen LogP contribution in [0.3, 0.4) is 0 Å². The van der Waals surface area contributed by atoms with Crippen LogP contribution >= 0.6 is 0 Å². The van der Waals surface area contributed by atoms with Crippen molar-refractivity contribution in [2.45, 2.75) is 45.2 Å². The smallest absolute Gasteiger partial charge is 0.416 e. The Kier molecular flexibility index (Phi) is 10.4. The zero-order valence-electron chi connectivity index (χ0n) is 20.7. The number of carbonyl (C=O) groups is 1. The van der Waals surface area contributed by atoms with Crippen LogP contribution in [0.2, 0.25) is 0 Å². The molecule has 0 aliphatic rings. The fourth-order valence-electron chi connectivity index (χ4n) is 3.38. The molecular formula is C31H29F3O3. The maximum absolute atomic E-state index is 12.6. The van der Waals surface area contributed by atoms with Gasteiger partial charge in [-0.2, -0.15) is 13.2 Å². The molecule has 3 aromatic rings. The van der Waals surface area contributed by atoms with Gasteiger partial charge in [-0.25, -0.2) is 4.79 Å². The highest BCUT2D eigenvalue weighted by molar-refractivity contribution is 5.88. The van der Waals surface area contributed by atoms with Crippen molar-refractivity contribution in [2.75, 3.05) is 6.61 Å². The van der Waals surface area contributed by atoms with Gasteiger partial charge < -0.3 is 9.47 Å². The summed E-state index contributed by atoms with van der Waals surface area (Å²) >= 11 is 0. The number of halogens is 3. The first kappa shape index (κ1) is 27.6. The van der Waals surface area contributed by atoms with Gasteiger partial charge >= 0.3 is 12.1 Å². The van der Waals surface area contributed by atoms with Crippen molar-refractivity contribution in [3.05, 3.63) is 101 Å². The van der Waals surface area contributed by atoms with E-state index < -0.39 is 17.7 Å². The number of unbranched alkanes of at least 4 members (excludes halogenated alkanes) is 4. The van der Waals surface area contributed by atoms with Gasteiger partial charge in [0.2, 0.25) is 0 Å². The van der Waals surface area contributed by atoms with Gasteiger partial charge in [-0.1, -0.05) is 56.6 Å². The molecule has 0 bridgehead atoms. The number of benzene rings is 3. The molecule has 0 aliphatic carbocycles. The van der Waals surface area contributed by atoms with E-state index >= 15 is 0 Å². The lowest BCUT2D eigenvalue weighted by atomic mass is 10.1. The predicted molar refractivity (Wildman–Crippen MR) is 139 cm³/mol. The number of esters is 1. The standard InChI is InChI=1S/C31H29F3O3/c1-2-3-4-5-6-23-36-28-18-11-24(12-19-28)7-8-25-13-20-29(21-14-25)37-30(35)22-15-26-9-16-27(17-10-26)31(32,33)34/h9-22H,2-6,23H2,1H3/b22-15+. The van der Waals surface area contributed by atoms with E-state index in [0.29, 0.717) is 11.3 Å². The Morgan fingerprint density at radius 1 is 0.784 bits per heavy atom. The van der Waals surface area contributed by atoms with Crippen LogP contribution in [0.15, 0.2) is 78.9 Å². The van der Waals surface area contributed by atoms with Crippen molar-refractivity contribution in [3.8, 4) is 23.3 Å². The molecule has 0 spiro atoms. The molecule has 0 amide bonds. The normalized spacial score (nSPS) is 11.1. The molecule has 0 saturated carbocycles. The third-order valence-corrected chi connectivity index (χ3v) is 5.44. The molecule has 6 heteroatoms. The fourth-order valence-corrected chi connectivity index (χ4v) is 3.38. The lowest BCUT2D eigenvalue weighted by molar-refractivity contribution is -0.137. The summed E-state index contributed by atoms with van der Waals surface area (Å²) in [5, 5.41) is 0. The van der Waals surface area contributed by atoms with Gasteiger partial charge in [0, 0.05) is 17.2 Å². The van der Waals surface area contributed by atoms with Crippen LogP contribution in [0.25, 0.3) is 6.08 Å². The van der Waals surface area contributed by atoms with Gasteiger partial charge in [-0.3, -0.25) is 0 Å². The highest BCUT2D eigenvalue weighted by Crippen LogP contribution is 2.29. The second-order valence-corrected chi connectivity index (χ2v) is 8.44. The molecule has 0 saturated heterocycles. The zero-order valence-corrected chi connectivity index (χ0v) is 20.7. The molecule has 3 rings (SSSR count). The van der Waals surface area contributed by atoms with Crippen LogP contribution in [0, 0.1) is 11.8 Å². The van der Waals surface area contributed by atoms with E-state index in [1.807, 2.05) is 24.3 Å². The van der Waals surface area contributed by atoms with E-state index in [4.69, 9.17) is 9.47 Å². The number of carbonyl (C=O) groups excluding carboxylic acids is 1.